The summed E-state index contributed by atoms with van der Waals surface area (Å²) in [6.07, 6.45) is 2.02. The lowest BCUT2D eigenvalue weighted by molar-refractivity contribution is -0.143. The molecular weight excluding hydrogens is 330 g/mol. The molecule has 134 valence electrons. The number of hydrogen-bond donors (Lipinski definition) is 3. The lowest BCUT2D eigenvalue weighted by Crippen LogP contribution is -2.46. The number of hydrogen-bond acceptors (Lipinski definition) is 3. The molecule has 0 bridgehead atoms. The molecule has 0 aliphatic carbocycles. The molecule has 0 radical (unpaired) electrons. The van der Waals surface area contributed by atoms with Gasteiger partial charge in [0, 0.05) is 11.9 Å². The van der Waals surface area contributed by atoms with E-state index in [4.69, 9.17) is 0 Å². The first-order chi connectivity index (χ1) is 12.5. The number of carbonyl (C=O) groups is 2. The molecule has 1 unspecified atom stereocenters. The number of carboxylic acid groups (broad SMARTS) is 1. The first-order valence-electron chi connectivity index (χ1n) is 8.49. The van der Waals surface area contributed by atoms with Crippen molar-refractivity contribution in [3.05, 3.63) is 65.4 Å². The Morgan fingerprint density at radius 3 is 2.62 bits per heavy atom. The Labute approximate surface area is 151 Å². The number of H-pyrrole nitrogens is 1. The van der Waals surface area contributed by atoms with Crippen LogP contribution in [0.2, 0.25) is 0 Å². The van der Waals surface area contributed by atoms with E-state index < -0.39 is 11.4 Å². The summed E-state index contributed by atoms with van der Waals surface area (Å²) < 4.78 is 0. The number of benzene rings is 2. The Morgan fingerprint density at radius 2 is 1.96 bits per heavy atom. The minimum Gasteiger partial charge on any atom is -0.481 e. The van der Waals surface area contributed by atoms with Crippen molar-refractivity contribution in [3.8, 4) is 0 Å². The second kappa shape index (κ2) is 7.00. The van der Waals surface area contributed by atoms with Crippen LogP contribution in [0.1, 0.15) is 34.8 Å². The summed E-state index contributed by atoms with van der Waals surface area (Å²) in [4.78, 5) is 24.8. The number of aromatic amines is 1. The Kier molecular flexibility index (Phi) is 4.75. The van der Waals surface area contributed by atoms with E-state index in [1.54, 1.807) is 36.5 Å². The second-order valence-electron chi connectivity index (χ2n) is 6.44. The molecule has 0 spiro atoms. The first kappa shape index (κ1) is 17.7. The quantitative estimate of drug-likeness (QED) is 0.636. The fraction of sp³-hybridized carbons (Fsp3) is 0.250. The van der Waals surface area contributed by atoms with E-state index in [1.807, 2.05) is 26.0 Å². The standard InChI is InChI=1S/C20H21N3O3/c1-3-20(19(25)26,15-7-5-4-6-8-15)12-21-18(24)16-10-13(2)9-14-11-22-23-17(14)16/h4-11H,3,12H2,1-2H3,(H,21,24)(H,22,23)(H,25,26). The summed E-state index contributed by atoms with van der Waals surface area (Å²) in [5, 5.41) is 20.4. The number of fused-ring (bicyclic) bond motifs is 1. The SMILES string of the molecule is CCC(CNC(=O)c1cc(C)cc2cn[nH]c12)(C(=O)O)c1ccccc1. The summed E-state index contributed by atoms with van der Waals surface area (Å²) in [5.41, 5.74) is 1.54. The number of carboxylic acids is 1. The van der Waals surface area contributed by atoms with Crippen LogP contribution in [0.5, 0.6) is 0 Å². The number of aryl methyl sites for hydroxylation is 1. The van der Waals surface area contributed by atoms with Gasteiger partial charge in [-0.15, -0.1) is 0 Å². The van der Waals surface area contributed by atoms with Gasteiger partial charge in [-0.1, -0.05) is 37.3 Å². The number of nitrogens with zero attached hydrogens (tertiary/aromatic N) is 1. The maximum Gasteiger partial charge on any atom is 0.315 e. The predicted molar refractivity (Wildman–Crippen MR) is 99.2 cm³/mol. The van der Waals surface area contributed by atoms with Gasteiger partial charge in [-0.25, -0.2) is 0 Å². The van der Waals surface area contributed by atoms with Crippen molar-refractivity contribution in [2.24, 2.45) is 0 Å². The van der Waals surface area contributed by atoms with Gasteiger partial charge < -0.3 is 10.4 Å². The van der Waals surface area contributed by atoms with Crippen molar-refractivity contribution in [3.63, 3.8) is 0 Å². The van der Waals surface area contributed by atoms with Gasteiger partial charge in [-0.3, -0.25) is 14.7 Å². The molecule has 3 rings (SSSR count). The maximum absolute atomic E-state index is 12.8. The van der Waals surface area contributed by atoms with Crippen molar-refractivity contribution in [1.82, 2.24) is 15.5 Å². The van der Waals surface area contributed by atoms with Crippen LogP contribution in [0.3, 0.4) is 0 Å². The highest BCUT2D eigenvalue weighted by molar-refractivity contribution is 6.06. The highest BCUT2D eigenvalue weighted by atomic mass is 16.4. The molecule has 0 saturated carbocycles. The van der Waals surface area contributed by atoms with Crippen LogP contribution in [-0.2, 0) is 10.2 Å². The molecule has 0 aliphatic heterocycles. The Balaban J connectivity index is 1.91. The van der Waals surface area contributed by atoms with E-state index in [2.05, 4.69) is 15.5 Å². The smallest absolute Gasteiger partial charge is 0.315 e. The summed E-state index contributed by atoms with van der Waals surface area (Å²) in [7, 11) is 0. The summed E-state index contributed by atoms with van der Waals surface area (Å²) in [6.45, 7) is 3.72. The molecule has 26 heavy (non-hydrogen) atoms. The fourth-order valence-corrected chi connectivity index (χ4v) is 3.25. The van der Waals surface area contributed by atoms with Crippen LogP contribution in [0, 0.1) is 6.92 Å². The largest absolute Gasteiger partial charge is 0.481 e. The van der Waals surface area contributed by atoms with Crippen LogP contribution in [-0.4, -0.2) is 33.7 Å². The van der Waals surface area contributed by atoms with Gasteiger partial charge in [0.15, 0.2) is 0 Å². The molecule has 6 nitrogen and oxygen atoms in total. The molecular formula is C20H21N3O3. The van der Waals surface area contributed by atoms with Crippen molar-refractivity contribution >= 4 is 22.8 Å². The highest BCUT2D eigenvalue weighted by Gasteiger charge is 2.39. The summed E-state index contributed by atoms with van der Waals surface area (Å²) >= 11 is 0. The summed E-state index contributed by atoms with van der Waals surface area (Å²) in [5.74, 6) is -1.28. The maximum atomic E-state index is 12.8. The molecule has 1 atom stereocenters. The zero-order valence-corrected chi connectivity index (χ0v) is 14.7. The number of aromatic nitrogens is 2. The number of rotatable bonds is 6. The van der Waals surface area contributed by atoms with Gasteiger partial charge in [0.1, 0.15) is 5.41 Å². The van der Waals surface area contributed by atoms with Gasteiger partial charge in [0.2, 0.25) is 0 Å². The molecule has 3 N–H and O–H groups in total. The number of amides is 1. The van der Waals surface area contributed by atoms with E-state index in [0.29, 0.717) is 23.1 Å². The molecule has 2 aromatic carbocycles. The van der Waals surface area contributed by atoms with Crippen molar-refractivity contribution in [2.75, 3.05) is 6.54 Å². The lowest BCUT2D eigenvalue weighted by atomic mass is 9.78. The zero-order chi connectivity index (χ0) is 18.7. The number of nitrogens with one attached hydrogen (secondary N) is 2. The van der Waals surface area contributed by atoms with Crippen LogP contribution < -0.4 is 5.32 Å². The van der Waals surface area contributed by atoms with E-state index in [1.165, 1.54) is 0 Å². The third-order valence-electron chi connectivity index (χ3n) is 4.83. The van der Waals surface area contributed by atoms with E-state index in [9.17, 15) is 14.7 Å². The average molecular weight is 351 g/mol. The Morgan fingerprint density at radius 1 is 1.23 bits per heavy atom. The van der Waals surface area contributed by atoms with Crippen molar-refractivity contribution in [2.45, 2.75) is 25.7 Å². The van der Waals surface area contributed by atoms with Gasteiger partial charge in [0.05, 0.1) is 17.3 Å². The first-order valence-corrected chi connectivity index (χ1v) is 8.49. The summed E-state index contributed by atoms with van der Waals surface area (Å²) in [6, 6.07) is 12.7. The molecule has 1 heterocycles. The van der Waals surface area contributed by atoms with Gasteiger partial charge >= 0.3 is 5.97 Å². The number of carbonyl (C=O) groups excluding carboxylic acids is 1. The molecule has 6 heteroatoms. The van der Waals surface area contributed by atoms with Crippen LogP contribution in [0.25, 0.3) is 10.9 Å². The van der Waals surface area contributed by atoms with E-state index in [0.717, 1.165) is 10.9 Å². The van der Waals surface area contributed by atoms with E-state index >= 15 is 0 Å². The zero-order valence-electron chi connectivity index (χ0n) is 14.7. The third-order valence-corrected chi connectivity index (χ3v) is 4.83. The minimum atomic E-state index is -1.17. The molecule has 3 aromatic rings. The Hall–Kier alpha value is -3.15. The lowest BCUT2D eigenvalue weighted by Gasteiger charge is -2.29. The van der Waals surface area contributed by atoms with Gasteiger partial charge in [0.25, 0.3) is 5.91 Å². The topological polar surface area (TPSA) is 95.1 Å². The molecule has 1 amide bonds. The normalized spacial score (nSPS) is 13.3. The monoisotopic (exact) mass is 351 g/mol. The second-order valence-corrected chi connectivity index (χ2v) is 6.44. The van der Waals surface area contributed by atoms with Crippen molar-refractivity contribution < 1.29 is 14.7 Å². The molecule has 0 aliphatic rings. The van der Waals surface area contributed by atoms with Crippen LogP contribution in [0.15, 0.2) is 48.7 Å². The average Bonchev–Trinajstić information content (AvgIpc) is 3.10. The van der Waals surface area contributed by atoms with Gasteiger partial charge in [-0.05, 0) is 36.6 Å². The van der Waals surface area contributed by atoms with Gasteiger partial charge in [-0.2, -0.15) is 5.10 Å². The van der Waals surface area contributed by atoms with Crippen LogP contribution >= 0.6 is 0 Å². The van der Waals surface area contributed by atoms with E-state index in [-0.39, 0.29) is 12.5 Å². The Bertz CT molecular complexity index is 949. The number of aliphatic carboxylic acids is 1. The minimum absolute atomic E-state index is 0.00521. The van der Waals surface area contributed by atoms with Crippen LogP contribution in [0.4, 0.5) is 0 Å². The molecule has 1 aromatic heterocycles. The van der Waals surface area contributed by atoms with Crippen molar-refractivity contribution in [1.29, 1.82) is 0 Å². The molecule has 0 saturated heterocycles. The predicted octanol–water partition coefficient (Wildman–Crippen LogP) is 3.03. The molecule has 0 fully saturated rings. The highest BCUT2D eigenvalue weighted by Crippen LogP contribution is 2.28. The third kappa shape index (κ3) is 3.06. The fourth-order valence-electron chi connectivity index (χ4n) is 3.25.